The van der Waals surface area contributed by atoms with E-state index in [0.29, 0.717) is 19.0 Å². The molecule has 1 aromatic heterocycles. The molecular weight excluding hydrogens is 368 g/mol. The second-order valence-electron chi connectivity index (χ2n) is 7.34. The summed E-state index contributed by atoms with van der Waals surface area (Å²) in [6, 6.07) is 8.83. The smallest absolute Gasteiger partial charge is 0.236 e. The highest BCUT2D eigenvalue weighted by atomic mass is 32.1. The Kier molecular flexibility index (Phi) is 6.57. The Hall–Kier alpha value is -2.54. The average Bonchev–Trinajstić information content (AvgIpc) is 3.01. The average molecular weight is 395 g/mol. The Bertz CT molecular complexity index is 953. The van der Waals surface area contributed by atoms with E-state index in [0.717, 1.165) is 52.1 Å². The Morgan fingerprint density at radius 1 is 1.36 bits per heavy atom. The van der Waals surface area contributed by atoms with Crippen molar-refractivity contribution >= 4 is 33.0 Å². The maximum absolute atomic E-state index is 12.2. The summed E-state index contributed by atoms with van der Waals surface area (Å²) in [6.07, 6.45) is 2.25. The fourth-order valence-electron chi connectivity index (χ4n) is 3.62. The van der Waals surface area contributed by atoms with Crippen molar-refractivity contribution < 1.29 is 4.79 Å². The van der Waals surface area contributed by atoms with Gasteiger partial charge < -0.3 is 15.1 Å². The van der Waals surface area contributed by atoms with Crippen LogP contribution in [0.5, 0.6) is 0 Å². The highest BCUT2D eigenvalue weighted by Gasteiger charge is 2.23. The molecule has 28 heavy (non-hydrogen) atoms. The van der Waals surface area contributed by atoms with Gasteiger partial charge in [-0.15, -0.1) is 17.3 Å². The number of nitrogens with zero attached hydrogens (tertiary/aromatic N) is 3. The molecule has 1 aromatic carbocycles. The third-order valence-corrected chi connectivity index (χ3v) is 6.17. The summed E-state index contributed by atoms with van der Waals surface area (Å²) in [6.45, 7) is 3.87. The van der Waals surface area contributed by atoms with Crippen LogP contribution in [-0.2, 0) is 11.2 Å². The molecule has 0 spiro atoms. The maximum Gasteiger partial charge on any atom is 0.236 e. The van der Waals surface area contributed by atoms with Gasteiger partial charge in [-0.2, -0.15) is 5.26 Å². The van der Waals surface area contributed by atoms with E-state index in [4.69, 9.17) is 0 Å². The highest BCUT2D eigenvalue weighted by molar-refractivity contribution is 7.20. The Morgan fingerprint density at radius 2 is 2.11 bits per heavy atom. The number of anilines is 1. The topological polar surface area (TPSA) is 59.4 Å². The van der Waals surface area contributed by atoms with Crippen LogP contribution >= 0.6 is 11.3 Å². The molecule has 0 bridgehead atoms. The van der Waals surface area contributed by atoms with E-state index in [1.807, 2.05) is 36.9 Å². The molecule has 1 saturated heterocycles. The van der Waals surface area contributed by atoms with Gasteiger partial charge in [-0.1, -0.05) is 18.1 Å². The molecular formula is C22H26N4OS. The number of thiophene rings is 1. The second kappa shape index (κ2) is 9.10. The molecule has 2 heterocycles. The zero-order valence-electron chi connectivity index (χ0n) is 16.7. The highest BCUT2D eigenvalue weighted by Crippen LogP contribution is 2.37. The number of nitrogens with one attached hydrogen (secondary N) is 1. The van der Waals surface area contributed by atoms with Crippen LogP contribution in [0.25, 0.3) is 10.1 Å². The lowest BCUT2D eigenvalue weighted by molar-refractivity contribution is -0.132. The number of hydrogen-bond donors (Lipinski definition) is 1. The maximum atomic E-state index is 12.2. The Morgan fingerprint density at radius 3 is 2.75 bits per heavy atom. The van der Waals surface area contributed by atoms with Crippen molar-refractivity contribution in [2.75, 3.05) is 39.0 Å². The number of likely N-dealkylation sites (N-methyl/N-ethyl adjacent to an activating group) is 1. The molecule has 1 amide bonds. The molecule has 6 heteroatoms. The molecule has 1 aliphatic heterocycles. The first kappa shape index (κ1) is 20.2. The Balaban J connectivity index is 1.75. The van der Waals surface area contributed by atoms with Crippen LogP contribution in [0.3, 0.4) is 0 Å². The van der Waals surface area contributed by atoms with Gasteiger partial charge in [-0.3, -0.25) is 4.79 Å². The fraction of sp³-hybridized carbons (Fsp3) is 0.455. The zero-order valence-corrected chi connectivity index (χ0v) is 17.5. The summed E-state index contributed by atoms with van der Waals surface area (Å²) >= 11 is 1.66. The van der Waals surface area contributed by atoms with E-state index in [9.17, 15) is 10.1 Å². The minimum Gasteiger partial charge on any atom is -0.381 e. The minimum atomic E-state index is 0.202. The quantitative estimate of drug-likeness (QED) is 0.791. The van der Waals surface area contributed by atoms with Crippen LogP contribution < -0.4 is 5.32 Å². The van der Waals surface area contributed by atoms with E-state index in [-0.39, 0.29) is 5.91 Å². The predicted molar refractivity (Wildman–Crippen MR) is 115 cm³/mol. The third-order valence-electron chi connectivity index (χ3n) is 4.97. The molecule has 0 unspecified atom stereocenters. The van der Waals surface area contributed by atoms with Crippen LogP contribution in [-0.4, -0.2) is 55.5 Å². The van der Waals surface area contributed by atoms with Crippen LogP contribution in [0.4, 0.5) is 5.69 Å². The Labute approximate surface area is 170 Å². The standard InChI is InChI=1S/C22H26N4OS/c1-4-6-20-17(9-12-23)18-7-5-8-19(22(18)28-20)24-16-10-13-26(14-11-16)21(27)15-25(2)3/h5,7-8,16,24H,9-11,13-15H2,1-3H3. The SMILES string of the molecule is CC#Cc1sc2c(NC3CCN(C(=O)CN(C)C)CC3)cccc2c1CC#N. The van der Waals surface area contributed by atoms with Crippen molar-refractivity contribution in [1.82, 2.24) is 9.80 Å². The number of benzene rings is 1. The molecule has 0 saturated carbocycles. The number of nitriles is 1. The summed E-state index contributed by atoms with van der Waals surface area (Å²) in [7, 11) is 3.84. The molecule has 1 N–H and O–H groups in total. The van der Waals surface area contributed by atoms with Gasteiger partial charge in [0.1, 0.15) is 0 Å². The first-order chi connectivity index (χ1) is 13.5. The summed E-state index contributed by atoms with van der Waals surface area (Å²) in [5, 5.41) is 14.0. The molecule has 5 nitrogen and oxygen atoms in total. The largest absolute Gasteiger partial charge is 0.381 e. The number of hydrogen-bond acceptors (Lipinski definition) is 5. The molecule has 0 radical (unpaired) electrons. The van der Waals surface area contributed by atoms with E-state index >= 15 is 0 Å². The van der Waals surface area contributed by atoms with Gasteiger partial charge in [-0.25, -0.2) is 0 Å². The molecule has 0 atom stereocenters. The summed E-state index contributed by atoms with van der Waals surface area (Å²) < 4.78 is 1.16. The lowest BCUT2D eigenvalue weighted by Gasteiger charge is -2.33. The number of piperidine rings is 1. The molecule has 2 aromatic rings. The summed E-state index contributed by atoms with van der Waals surface area (Å²) in [4.78, 5) is 17.1. The van der Waals surface area contributed by atoms with E-state index in [1.165, 1.54) is 0 Å². The minimum absolute atomic E-state index is 0.202. The second-order valence-corrected chi connectivity index (χ2v) is 8.36. The van der Waals surface area contributed by atoms with Crippen molar-refractivity contribution in [3.63, 3.8) is 0 Å². The number of rotatable bonds is 5. The monoisotopic (exact) mass is 394 g/mol. The first-order valence-electron chi connectivity index (χ1n) is 9.56. The van der Waals surface area contributed by atoms with E-state index in [1.54, 1.807) is 11.3 Å². The van der Waals surface area contributed by atoms with Crippen molar-refractivity contribution in [2.45, 2.75) is 32.2 Å². The zero-order chi connectivity index (χ0) is 20.1. The first-order valence-corrected chi connectivity index (χ1v) is 10.4. The van der Waals surface area contributed by atoms with Gasteiger partial charge in [0.15, 0.2) is 0 Å². The number of carbonyl (C=O) groups is 1. The lowest BCUT2D eigenvalue weighted by atomic mass is 10.0. The predicted octanol–water partition coefficient (Wildman–Crippen LogP) is 3.30. The van der Waals surface area contributed by atoms with Crippen LogP contribution in [0.1, 0.15) is 30.2 Å². The van der Waals surface area contributed by atoms with Crippen molar-refractivity contribution in [3.05, 3.63) is 28.6 Å². The molecule has 1 aliphatic rings. The number of fused-ring (bicyclic) bond motifs is 1. The number of amides is 1. The van der Waals surface area contributed by atoms with Crippen LogP contribution in [0.2, 0.25) is 0 Å². The van der Waals surface area contributed by atoms with Gasteiger partial charge in [0, 0.05) is 30.1 Å². The van der Waals surface area contributed by atoms with Crippen LogP contribution in [0.15, 0.2) is 18.2 Å². The van der Waals surface area contributed by atoms with Gasteiger partial charge >= 0.3 is 0 Å². The number of likely N-dealkylation sites (tertiary alicyclic amines) is 1. The lowest BCUT2D eigenvalue weighted by Crippen LogP contribution is -2.45. The molecule has 146 valence electrons. The number of carbonyl (C=O) groups excluding carboxylic acids is 1. The molecule has 0 aliphatic carbocycles. The van der Waals surface area contributed by atoms with Crippen molar-refractivity contribution in [3.8, 4) is 17.9 Å². The van der Waals surface area contributed by atoms with E-state index in [2.05, 4.69) is 35.4 Å². The van der Waals surface area contributed by atoms with Gasteiger partial charge in [0.2, 0.25) is 5.91 Å². The van der Waals surface area contributed by atoms with Crippen LogP contribution in [0, 0.1) is 23.2 Å². The van der Waals surface area contributed by atoms with Gasteiger partial charge in [0.25, 0.3) is 0 Å². The van der Waals surface area contributed by atoms with Gasteiger partial charge in [0.05, 0.1) is 34.3 Å². The van der Waals surface area contributed by atoms with Crippen molar-refractivity contribution in [1.29, 1.82) is 5.26 Å². The molecule has 3 rings (SSSR count). The summed E-state index contributed by atoms with van der Waals surface area (Å²) in [5.41, 5.74) is 2.13. The fourth-order valence-corrected chi connectivity index (χ4v) is 4.82. The van der Waals surface area contributed by atoms with Crippen molar-refractivity contribution in [2.24, 2.45) is 0 Å². The normalized spacial score (nSPS) is 14.6. The van der Waals surface area contributed by atoms with E-state index < -0.39 is 0 Å². The third kappa shape index (κ3) is 4.47. The van der Waals surface area contributed by atoms with Gasteiger partial charge in [-0.05, 0) is 39.9 Å². The summed E-state index contributed by atoms with van der Waals surface area (Å²) in [5.74, 6) is 6.32. The molecule has 1 fully saturated rings.